The van der Waals surface area contributed by atoms with Crippen LogP contribution in [-0.4, -0.2) is 17.5 Å². The number of thiophene rings is 2. The minimum Gasteiger partial charge on any atom is -0.173 e. The van der Waals surface area contributed by atoms with Crippen molar-refractivity contribution in [3.8, 4) is 42.4 Å². The van der Waals surface area contributed by atoms with Gasteiger partial charge in [0.1, 0.15) is 22.1 Å². The Kier molecular flexibility index (Phi) is 38.9. The van der Waals surface area contributed by atoms with E-state index in [1.54, 1.807) is 22.3 Å². The molecular formula is C96H150N4S4. The van der Waals surface area contributed by atoms with Gasteiger partial charge in [-0.3, -0.25) is 0 Å². The van der Waals surface area contributed by atoms with Crippen LogP contribution in [0.15, 0.2) is 36.4 Å². The van der Waals surface area contributed by atoms with Crippen LogP contribution in [0.4, 0.5) is 0 Å². The second-order valence-electron chi connectivity index (χ2n) is 33.9. The third-order valence-electron chi connectivity index (χ3n) is 25.3. The van der Waals surface area contributed by atoms with Gasteiger partial charge in [0.05, 0.1) is 23.5 Å². The summed E-state index contributed by atoms with van der Waals surface area (Å²) in [5.41, 5.74) is 22.0. The van der Waals surface area contributed by atoms with E-state index in [-0.39, 0.29) is 10.8 Å². The summed E-state index contributed by atoms with van der Waals surface area (Å²) < 4.78 is 21.5. The molecule has 4 heterocycles. The summed E-state index contributed by atoms with van der Waals surface area (Å²) in [5, 5.41) is 0. The highest BCUT2D eigenvalue weighted by atomic mass is 32.1. The minimum atomic E-state index is -0.143. The molecule has 4 nitrogen and oxygen atoms in total. The first kappa shape index (κ1) is 84.7. The fourth-order valence-electron chi connectivity index (χ4n) is 19.1. The standard InChI is InChI=1S/C96H150N4S4/c1-9-13-17-21-25-29-33-37-41-45-49-53-57-61-65-95(66-62-58-54-50-46-42-38-34-30-26-22-18-14-10-2)82-73-80-83(72-79(82)87-84(95)70-75(5)89-91(87)99-103-97-89)96(67-63-59-55-51-47-43-39-35-31-27-23-19-15-11-3,68-64-60-56-52-48-44-40-36-32-28-24-20-16-12-4)85-74-81(90-92(88(80)85)100-104-98-90)86-71-77(7)94(102-86)93-76(6)69-78(8)101-93/h69-74H,9-68H2,1-8H3. The van der Waals surface area contributed by atoms with Gasteiger partial charge in [-0.2, -0.15) is 17.5 Å². The van der Waals surface area contributed by atoms with Crippen LogP contribution in [0.25, 0.3) is 64.5 Å². The van der Waals surface area contributed by atoms with Crippen molar-refractivity contribution >= 4 is 68.2 Å². The number of hydrogen-bond donors (Lipinski definition) is 0. The Morgan fingerprint density at radius 2 is 0.500 bits per heavy atom. The topological polar surface area (TPSA) is 51.6 Å². The van der Waals surface area contributed by atoms with Gasteiger partial charge in [0, 0.05) is 47.0 Å². The molecule has 0 fully saturated rings. The van der Waals surface area contributed by atoms with Crippen molar-refractivity contribution in [2.75, 3.05) is 0 Å². The van der Waals surface area contributed by atoms with Gasteiger partial charge in [-0.05, 0) is 134 Å². The molecule has 0 saturated heterocycles. The fourth-order valence-corrected chi connectivity index (χ4v) is 22.8. The van der Waals surface area contributed by atoms with Crippen molar-refractivity contribution in [1.82, 2.24) is 17.5 Å². The zero-order valence-electron chi connectivity index (χ0n) is 68.3. The Balaban J connectivity index is 1.06. The number of aromatic nitrogens is 4. The largest absolute Gasteiger partial charge is 0.173 e. The monoisotopic (exact) mass is 1490 g/mol. The Bertz CT molecular complexity index is 3430. The van der Waals surface area contributed by atoms with Gasteiger partial charge in [0.2, 0.25) is 0 Å². The first-order valence-corrected chi connectivity index (χ1v) is 48.2. The van der Waals surface area contributed by atoms with Gasteiger partial charge in [0.15, 0.2) is 0 Å². The number of hydrogen-bond acceptors (Lipinski definition) is 8. The summed E-state index contributed by atoms with van der Waals surface area (Å²) in [4.78, 5) is 5.61. The summed E-state index contributed by atoms with van der Waals surface area (Å²) in [7, 11) is 0. The number of nitrogens with zero attached hydrogens (tertiary/aromatic N) is 4. The molecule has 0 aliphatic heterocycles. The van der Waals surface area contributed by atoms with Gasteiger partial charge < -0.3 is 0 Å². The van der Waals surface area contributed by atoms with Gasteiger partial charge >= 0.3 is 0 Å². The molecule has 0 spiro atoms. The van der Waals surface area contributed by atoms with Crippen molar-refractivity contribution in [3.63, 3.8) is 0 Å². The van der Waals surface area contributed by atoms with E-state index in [0.717, 1.165) is 16.6 Å². The van der Waals surface area contributed by atoms with Gasteiger partial charge in [-0.15, -0.1) is 22.7 Å². The zero-order chi connectivity index (χ0) is 72.9. The number of benzene rings is 3. The van der Waals surface area contributed by atoms with Crippen LogP contribution in [0.3, 0.4) is 0 Å². The SMILES string of the molecule is CCCCCCCCCCCCCCCCC1(CCCCCCCCCCCCCCCC)c2cc3c(cc2-c2c1cc(C)c1nsnc21)C(CCCCCCCCCCCCCCCC)(CCCCCCCCCCCCCCCC)c1cc(-c2cc(C)c(-c4sc(C)cc4C)s2)c2nsnc2c1-3. The molecule has 2 aliphatic rings. The molecule has 0 unspecified atom stereocenters. The molecule has 9 rings (SSSR count). The maximum Gasteiger partial charge on any atom is 0.114 e. The summed E-state index contributed by atoms with van der Waals surface area (Å²) in [6.45, 7) is 18.7. The van der Waals surface area contributed by atoms with E-state index in [1.165, 1.54) is 478 Å². The predicted molar refractivity (Wildman–Crippen MR) is 466 cm³/mol. The molecule has 0 N–H and O–H groups in total. The van der Waals surface area contributed by atoms with E-state index in [1.807, 2.05) is 22.7 Å². The van der Waals surface area contributed by atoms with Crippen LogP contribution in [-0.2, 0) is 10.8 Å². The van der Waals surface area contributed by atoms with Crippen LogP contribution in [0.1, 0.15) is 457 Å². The number of unbranched alkanes of at least 4 members (excludes halogenated alkanes) is 52. The molecule has 0 radical (unpaired) electrons. The average molecular weight is 1490 g/mol. The number of fused-ring (bicyclic) bond motifs is 10. The van der Waals surface area contributed by atoms with Gasteiger partial charge in [-0.1, -0.05) is 393 Å². The molecule has 578 valence electrons. The lowest BCUT2D eigenvalue weighted by Gasteiger charge is -2.35. The van der Waals surface area contributed by atoms with Gasteiger partial charge in [-0.25, -0.2) is 0 Å². The lowest BCUT2D eigenvalue weighted by Crippen LogP contribution is -2.27. The highest BCUT2D eigenvalue weighted by Crippen LogP contribution is 2.64. The van der Waals surface area contributed by atoms with Crippen LogP contribution in [0, 0.1) is 27.7 Å². The van der Waals surface area contributed by atoms with E-state index in [0.29, 0.717) is 0 Å². The van der Waals surface area contributed by atoms with Gasteiger partial charge in [0.25, 0.3) is 0 Å². The van der Waals surface area contributed by atoms with E-state index in [2.05, 4.69) is 91.8 Å². The fraction of sp³-hybridized carbons (Fsp3) is 0.729. The van der Waals surface area contributed by atoms with Crippen molar-refractivity contribution in [3.05, 3.63) is 80.2 Å². The first-order chi connectivity index (χ1) is 51.2. The number of rotatable bonds is 62. The highest BCUT2D eigenvalue weighted by molar-refractivity contribution is 7.24. The molecule has 0 saturated carbocycles. The normalized spacial score (nSPS) is 13.5. The molecule has 104 heavy (non-hydrogen) atoms. The highest BCUT2D eigenvalue weighted by Gasteiger charge is 2.50. The maximum absolute atomic E-state index is 5.57. The van der Waals surface area contributed by atoms with Crippen LogP contribution >= 0.6 is 46.1 Å². The Morgan fingerprint density at radius 1 is 0.240 bits per heavy atom. The van der Waals surface area contributed by atoms with E-state index >= 15 is 0 Å². The Labute approximate surface area is 655 Å². The Hall–Kier alpha value is -3.30. The summed E-state index contributed by atoms with van der Waals surface area (Å²) in [6.07, 6.45) is 82.5. The van der Waals surface area contributed by atoms with Crippen molar-refractivity contribution < 1.29 is 0 Å². The second kappa shape index (κ2) is 47.7. The molecule has 2 aliphatic carbocycles. The molecule has 0 amide bonds. The van der Waals surface area contributed by atoms with E-state index < -0.39 is 0 Å². The second-order valence-corrected chi connectivity index (χ2v) is 37.2. The summed E-state index contributed by atoms with van der Waals surface area (Å²) in [5.74, 6) is 0. The minimum absolute atomic E-state index is 0.0895. The molecule has 3 aromatic carbocycles. The lowest BCUT2D eigenvalue weighted by atomic mass is 9.68. The van der Waals surface area contributed by atoms with Crippen molar-refractivity contribution in [1.29, 1.82) is 0 Å². The van der Waals surface area contributed by atoms with E-state index in [4.69, 9.17) is 17.5 Å². The predicted octanol–water partition coefficient (Wildman–Crippen LogP) is 34.4. The molecule has 7 aromatic rings. The lowest BCUT2D eigenvalue weighted by molar-refractivity contribution is 0.393. The third kappa shape index (κ3) is 24.3. The van der Waals surface area contributed by atoms with Crippen molar-refractivity contribution in [2.45, 2.75) is 451 Å². The first-order valence-electron chi connectivity index (χ1n) is 45.1. The molecule has 4 aromatic heterocycles. The summed E-state index contributed by atoms with van der Waals surface area (Å²) in [6, 6.07) is 16.0. The smallest absolute Gasteiger partial charge is 0.114 e. The zero-order valence-corrected chi connectivity index (χ0v) is 71.6. The molecular weight excluding hydrogens is 1340 g/mol. The quantitative estimate of drug-likeness (QED) is 0.0357. The third-order valence-corrected chi connectivity index (χ3v) is 28.9. The van der Waals surface area contributed by atoms with Crippen LogP contribution in [0.5, 0.6) is 0 Å². The Morgan fingerprint density at radius 3 is 0.817 bits per heavy atom. The van der Waals surface area contributed by atoms with Crippen LogP contribution < -0.4 is 0 Å². The number of aryl methyl sites for hydroxylation is 4. The van der Waals surface area contributed by atoms with Crippen LogP contribution in [0.2, 0.25) is 0 Å². The molecule has 8 heteroatoms. The summed E-state index contributed by atoms with van der Waals surface area (Å²) >= 11 is 6.87. The molecule has 0 bridgehead atoms. The van der Waals surface area contributed by atoms with Crippen molar-refractivity contribution in [2.24, 2.45) is 0 Å². The van der Waals surface area contributed by atoms with E-state index in [9.17, 15) is 0 Å². The molecule has 0 atom stereocenters. The average Bonchev–Trinajstić information content (AvgIpc) is 1.52. The maximum atomic E-state index is 5.57.